The molecule has 3 aromatic rings. The summed E-state index contributed by atoms with van der Waals surface area (Å²) in [7, 11) is 0. The Hall–Kier alpha value is -3.56. The lowest BCUT2D eigenvalue weighted by molar-refractivity contribution is 0.401. The highest BCUT2D eigenvalue weighted by Crippen LogP contribution is 2.49. The number of hydrogen-bond acceptors (Lipinski definition) is 3. The van der Waals surface area contributed by atoms with E-state index in [0.717, 1.165) is 47.8 Å². The standard InChI is InChI=1S/C31H31N3/c1-20-6-10-24-23(25(20)18-32)11-9-22(26(24)19-33)8-7-21-16-27-29-28(17-21)31(4,5)13-15-34(29)14-12-30(27,2)3/h6-11,16-17H,12-15H2,1-5H3/b8-7+. The summed E-state index contributed by atoms with van der Waals surface area (Å²) in [6, 6.07) is 17.2. The minimum absolute atomic E-state index is 0.143. The Labute approximate surface area is 202 Å². The van der Waals surface area contributed by atoms with Crippen molar-refractivity contribution in [2.75, 3.05) is 18.0 Å². The van der Waals surface area contributed by atoms with Gasteiger partial charge in [-0.25, -0.2) is 0 Å². The summed E-state index contributed by atoms with van der Waals surface area (Å²) in [5.74, 6) is 0. The first-order valence-electron chi connectivity index (χ1n) is 12.1. The number of nitrogens with zero attached hydrogens (tertiary/aromatic N) is 3. The third-order valence-electron chi connectivity index (χ3n) is 8.04. The number of anilines is 1. The van der Waals surface area contributed by atoms with Crippen LogP contribution in [-0.4, -0.2) is 13.1 Å². The van der Waals surface area contributed by atoms with E-state index >= 15 is 0 Å². The normalized spacial score (nSPS) is 17.9. The van der Waals surface area contributed by atoms with Crippen molar-refractivity contribution in [1.29, 1.82) is 10.5 Å². The largest absolute Gasteiger partial charge is 0.371 e. The first kappa shape index (κ1) is 22.2. The molecule has 2 heterocycles. The van der Waals surface area contributed by atoms with E-state index in [1.807, 2.05) is 31.2 Å². The quantitative estimate of drug-likeness (QED) is 0.391. The van der Waals surface area contributed by atoms with Gasteiger partial charge in [0.2, 0.25) is 0 Å². The van der Waals surface area contributed by atoms with Gasteiger partial charge in [0.1, 0.15) is 12.1 Å². The van der Waals surface area contributed by atoms with E-state index in [9.17, 15) is 10.5 Å². The molecule has 2 aliphatic heterocycles. The molecular formula is C31H31N3. The fourth-order valence-electron chi connectivity index (χ4n) is 5.69. The summed E-state index contributed by atoms with van der Waals surface area (Å²) in [6.45, 7) is 13.6. The second kappa shape index (κ2) is 7.75. The highest BCUT2D eigenvalue weighted by Gasteiger charge is 2.39. The van der Waals surface area contributed by atoms with Crippen molar-refractivity contribution < 1.29 is 0 Å². The molecule has 0 fully saturated rings. The van der Waals surface area contributed by atoms with Crippen molar-refractivity contribution >= 4 is 28.6 Å². The van der Waals surface area contributed by atoms with Crippen LogP contribution in [0.4, 0.5) is 5.69 Å². The first-order chi connectivity index (χ1) is 16.2. The number of fused-ring (bicyclic) bond motifs is 1. The molecule has 34 heavy (non-hydrogen) atoms. The van der Waals surface area contributed by atoms with E-state index < -0.39 is 0 Å². The molecule has 0 saturated heterocycles. The second-order valence-corrected chi connectivity index (χ2v) is 11.2. The van der Waals surface area contributed by atoms with Gasteiger partial charge >= 0.3 is 0 Å². The van der Waals surface area contributed by atoms with E-state index in [1.165, 1.54) is 22.4 Å². The van der Waals surface area contributed by atoms with Gasteiger partial charge in [0, 0.05) is 29.5 Å². The van der Waals surface area contributed by atoms with Crippen LogP contribution in [0.3, 0.4) is 0 Å². The van der Waals surface area contributed by atoms with E-state index in [0.29, 0.717) is 11.1 Å². The van der Waals surface area contributed by atoms with Crippen LogP contribution in [0.2, 0.25) is 0 Å². The molecule has 0 radical (unpaired) electrons. The summed E-state index contributed by atoms with van der Waals surface area (Å²) in [6.07, 6.45) is 6.54. The van der Waals surface area contributed by atoms with Gasteiger partial charge in [0.05, 0.1) is 11.1 Å². The fraction of sp³-hybridized carbons (Fsp3) is 0.355. The molecule has 0 amide bonds. The molecular weight excluding hydrogens is 414 g/mol. The van der Waals surface area contributed by atoms with Crippen molar-refractivity contribution in [1.82, 2.24) is 0 Å². The zero-order chi connectivity index (χ0) is 24.3. The predicted molar refractivity (Wildman–Crippen MR) is 141 cm³/mol. The summed E-state index contributed by atoms with van der Waals surface area (Å²) >= 11 is 0. The van der Waals surface area contributed by atoms with E-state index in [4.69, 9.17) is 0 Å². The average Bonchev–Trinajstić information content (AvgIpc) is 2.81. The van der Waals surface area contributed by atoms with Gasteiger partial charge in [-0.3, -0.25) is 0 Å². The van der Waals surface area contributed by atoms with Crippen molar-refractivity contribution in [2.24, 2.45) is 0 Å². The average molecular weight is 446 g/mol. The molecule has 0 aliphatic carbocycles. The molecule has 0 spiro atoms. The summed E-state index contributed by atoms with van der Waals surface area (Å²) in [5, 5.41) is 21.3. The number of hydrogen-bond donors (Lipinski definition) is 0. The first-order valence-corrected chi connectivity index (χ1v) is 12.1. The van der Waals surface area contributed by atoms with Crippen molar-refractivity contribution in [2.45, 2.75) is 58.3 Å². The van der Waals surface area contributed by atoms with Crippen LogP contribution < -0.4 is 4.90 Å². The molecule has 0 atom stereocenters. The SMILES string of the molecule is Cc1ccc2c(C#N)c(/C=C/c3cc4c5c(c3)C(C)(C)CCN5CCC4(C)C)ccc2c1C#N. The molecule has 170 valence electrons. The molecule has 2 aliphatic rings. The van der Waals surface area contributed by atoms with Gasteiger partial charge in [-0.1, -0.05) is 64.1 Å². The third kappa shape index (κ3) is 3.39. The van der Waals surface area contributed by atoms with Gasteiger partial charge in [-0.05, 0) is 70.5 Å². The Bertz CT molecular complexity index is 1400. The molecule has 3 heteroatoms. The maximum absolute atomic E-state index is 9.99. The number of aryl methyl sites for hydroxylation is 1. The van der Waals surface area contributed by atoms with E-state index in [1.54, 1.807) is 0 Å². The Balaban J connectivity index is 1.65. The van der Waals surface area contributed by atoms with Gasteiger partial charge < -0.3 is 4.90 Å². The molecule has 0 bridgehead atoms. The minimum Gasteiger partial charge on any atom is -0.371 e. The van der Waals surface area contributed by atoms with Gasteiger partial charge in [0.25, 0.3) is 0 Å². The smallest absolute Gasteiger partial charge is 0.100 e. The molecule has 3 aromatic carbocycles. The minimum atomic E-state index is 0.143. The Morgan fingerprint density at radius 2 is 1.35 bits per heavy atom. The summed E-state index contributed by atoms with van der Waals surface area (Å²) in [4.78, 5) is 2.58. The second-order valence-electron chi connectivity index (χ2n) is 11.2. The van der Waals surface area contributed by atoms with Crippen molar-refractivity contribution in [3.8, 4) is 12.1 Å². The molecule has 0 saturated carbocycles. The maximum atomic E-state index is 9.99. The third-order valence-corrected chi connectivity index (χ3v) is 8.04. The van der Waals surface area contributed by atoms with Crippen LogP contribution in [-0.2, 0) is 10.8 Å². The lowest BCUT2D eigenvalue weighted by Gasteiger charge is -2.48. The monoisotopic (exact) mass is 445 g/mol. The van der Waals surface area contributed by atoms with Crippen LogP contribution in [0, 0.1) is 29.6 Å². The van der Waals surface area contributed by atoms with Crippen molar-refractivity contribution in [3.05, 3.63) is 75.3 Å². The Morgan fingerprint density at radius 1 is 0.794 bits per heavy atom. The Kier molecular flexibility index (Phi) is 5.07. The molecule has 3 nitrogen and oxygen atoms in total. The van der Waals surface area contributed by atoms with Gasteiger partial charge in [-0.15, -0.1) is 0 Å². The van der Waals surface area contributed by atoms with Crippen LogP contribution in [0.25, 0.3) is 22.9 Å². The molecule has 0 N–H and O–H groups in total. The Morgan fingerprint density at radius 3 is 1.94 bits per heavy atom. The lowest BCUT2D eigenvalue weighted by Crippen LogP contribution is -2.44. The van der Waals surface area contributed by atoms with Crippen molar-refractivity contribution in [3.63, 3.8) is 0 Å². The highest BCUT2D eigenvalue weighted by molar-refractivity contribution is 5.96. The molecule has 0 unspecified atom stereocenters. The summed E-state index contributed by atoms with van der Waals surface area (Å²) in [5.41, 5.74) is 8.89. The topological polar surface area (TPSA) is 50.8 Å². The zero-order valence-corrected chi connectivity index (χ0v) is 20.8. The van der Waals surface area contributed by atoms with Crippen LogP contribution in [0.5, 0.6) is 0 Å². The number of nitriles is 2. The van der Waals surface area contributed by atoms with Crippen LogP contribution >= 0.6 is 0 Å². The van der Waals surface area contributed by atoms with Gasteiger partial charge in [0.15, 0.2) is 0 Å². The van der Waals surface area contributed by atoms with E-state index in [2.05, 4.69) is 69.0 Å². The van der Waals surface area contributed by atoms with Crippen LogP contribution in [0.15, 0.2) is 36.4 Å². The highest BCUT2D eigenvalue weighted by atomic mass is 15.2. The number of rotatable bonds is 2. The molecule has 5 rings (SSSR count). The van der Waals surface area contributed by atoms with Crippen LogP contribution in [0.1, 0.15) is 79.5 Å². The molecule has 0 aromatic heterocycles. The van der Waals surface area contributed by atoms with Gasteiger partial charge in [-0.2, -0.15) is 10.5 Å². The summed E-state index contributed by atoms with van der Waals surface area (Å²) < 4.78 is 0. The lowest BCUT2D eigenvalue weighted by atomic mass is 9.69. The maximum Gasteiger partial charge on any atom is 0.100 e. The van der Waals surface area contributed by atoms with E-state index in [-0.39, 0.29) is 10.8 Å². The number of benzene rings is 3. The fourth-order valence-corrected chi connectivity index (χ4v) is 5.69. The predicted octanol–water partition coefficient (Wildman–Crippen LogP) is 7.23. The zero-order valence-electron chi connectivity index (χ0n) is 20.8.